The zero-order chi connectivity index (χ0) is 18.7. The lowest BCUT2D eigenvalue weighted by molar-refractivity contribution is 0.303. The van der Waals surface area contributed by atoms with Crippen LogP contribution in [0.15, 0.2) is 47.5 Å². The minimum atomic E-state index is -0.357. The number of benzene rings is 2. The average Bonchev–Trinajstić information content (AvgIpc) is 2.59. The van der Waals surface area contributed by atoms with Gasteiger partial charge in [-0.15, -0.1) is 10.2 Å². The molecular formula is C22H22FN3. The summed E-state index contributed by atoms with van der Waals surface area (Å²) < 4.78 is 13.9. The van der Waals surface area contributed by atoms with Gasteiger partial charge >= 0.3 is 0 Å². The lowest BCUT2D eigenvalue weighted by Gasteiger charge is -2.44. The summed E-state index contributed by atoms with van der Waals surface area (Å²) in [6.07, 6.45) is 0. The van der Waals surface area contributed by atoms with Crippen molar-refractivity contribution in [3.05, 3.63) is 70.7 Å². The molecule has 132 valence electrons. The van der Waals surface area contributed by atoms with Crippen molar-refractivity contribution >= 4 is 16.6 Å². The Balaban J connectivity index is 1.98. The zero-order valence-corrected chi connectivity index (χ0v) is 15.8. The highest BCUT2D eigenvalue weighted by molar-refractivity contribution is 6.14. The summed E-state index contributed by atoms with van der Waals surface area (Å²) in [6, 6.07) is 13.3. The van der Waals surface area contributed by atoms with Crippen LogP contribution >= 0.6 is 0 Å². The highest BCUT2D eigenvalue weighted by Crippen LogP contribution is 2.44. The number of rotatable bonds is 1. The van der Waals surface area contributed by atoms with Crippen LogP contribution in [-0.4, -0.2) is 21.4 Å². The molecule has 0 amide bonds. The van der Waals surface area contributed by atoms with Crippen LogP contribution in [0.5, 0.6) is 0 Å². The van der Waals surface area contributed by atoms with Crippen molar-refractivity contribution in [1.82, 2.24) is 10.2 Å². The summed E-state index contributed by atoms with van der Waals surface area (Å²) in [4.78, 5) is 5.06. The Morgan fingerprint density at radius 1 is 0.923 bits per heavy atom. The molecule has 0 N–H and O–H groups in total. The molecule has 2 aromatic carbocycles. The molecule has 0 unspecified atom stereocenters. The van der Waals surface area contributed by atoms with Crippen molar-refractivity contribution in [2.24, 2.45) is 4.99 Å². The number of aryl methyl sites for hydroxylation is 1. The third-order valence-corrected chi connectivity index (χ3v) is 5.83. The molecule has 0 saturated carbocycles. The van der Waals surface area contributed by atoms with Crippen molar-refractivity contribution < 1.29 is 4.39 Å². The molecule has 0 atom stereocenters. The van der Waals surface area contributed by atoms with Crippen molar-refractivity contribution in [1.29, 1.82) is 0 Å². The van der Waals surface area contributed by atoms with E-state index in [1.54, 1.807) is 6.07 Å². The summed E-state index contributed by atoms with van der Waals surface area (Å²) in [6.45, 7) is 10.9. The van der Waals surface area contributed by atoms with Gasteiger partial charge in [-0.25, -0.2) is 4.39 Å². The number of aromatic nitrogens is 2. The summed E-state index contributed by atoms with van der Waals surface area (Å²) in [5, 5.41) is 9.16. The van der Waals surface area contributed by atoms with Crippen molar-refractivity contribution in [2.75, 3.05) is 0 Å². The molecule has 0 bridgehead atoms. The van der Waals surface area contributed by atoms with E-state index < -0.39 is 0 Å². The van der Waals surface area contributed by atoms with E-state index in [1.165, 1.54) is 17.2 Å². The van der Waals surface area contributed by atoms with Gasteiger partial charge in [0.1, 0.15) is 11.2 Å². The second kappa shape index (κ2) is 5.44. The van der Waals surface area contributed by atoms with Crippen LogP contribution in [-0.2, 0) is 5.41 Å². The fraction of sp³-hybridized carbons (Fsp3) is 0.318. The van der Waals surface area contributed by atoms with E-state index >= 15 is 0 Å². The number of aliphatic imine (C=N–C) groups is 1. The summed E-state index contributed by atoms with van der Waals surface area (Å²) >= 11 is 0. The molecule has 1 aliphatic rings. The number of halogens is 1. The first-order valence-electron chi connectivity index (χ1n) is 8.84. The topological polar surface area (TPSA) is 38.1 Å². The Kier molecular flexibility index (Phi) is 3.52. The molecule has 0 saturated heterocycles. The van der Waals surface area contributed by atoms with Crippen LogP contribution in [0, 0.1) is 12.7 Å². The third-order valence-electron chi connectivity index (χ3n) is 5.83. The largest absolute Gasteiger partial charge is 0.275 e. The highest BCUT2D eigenvalue weighted by atomic mass is 19.1. The van der Waals surface area contributed by atoms with E-state index in [9.17, 15) is 4.39 Å². The summed E-state index contributed by atoms with van der Waals surface area (Å²) in [7, 11) is 0. The van der Waals surface area contributed by atoms with Gasteiger partial charge in [0.25, 0.3) is 0 Å². The van der Waals surface area contributed by atoms with Crippen LogP contribution < -0.4 is 0 Å². The fourth-order valence-electron chi connectivity index (χ4n) is 3.54. The van der Waals surface area contributed by atoms with Gasteiger partial charge in [0, 0.05) is 16.4 Å². The standard InChI is InChI=1S/C22H22FN3/c1-13-9-10-15-16(11-13)21(2,3)22(4,5)24-20(15)18-12-14-7-6-8-17(23)19(14)26-25-18/h6-12H,1-5H3. The van der Waals surface area contributed by atoms with E-state index in [1.807, 2.05) is 12.1 Å². The van der Waals surface area contributed by atoms with Crippen LogP contribution in [0.25, 0.3) is 10.9 Å². The molecule has 1 aliphatic heterocycles. The van der Waals surface area contributed by atoms with Gasteiger partial charge in [-0.1, -0.05) is 49.7 Å². The minimum absolute atomic E-state index is 0.117. The minimum Gasteiger partial charge on any atom is -0.275 e. The highest BCUT2D eigenvalue weighted by Gasteiger charge is 2.44. The van der Waals surface area contributed by atoms with Crippen LogP contribution in [0.2, 0.25) is 0 Å². The maximum atomic E-state index is 13.9. The van der Waals surface area contributed by atoms with E-state index in [0.717, 1.165) is 16.7 Å². The van der Waals surface area contributed by atoms with Gasteiger partial charge in [0.05, 0.1) is 11.3 Å². The van der Waals surface area contributed by atoms with Crippen LogP contribution in [0.4, 0.5) is 4.39 Å². The van der Waals surface area contributed by atoms with Crippen molar-refractivity contribution in [3.63, 3.8) is 0 Å². The Morgan fingerprint density at radius 3 is 2.46 bits per heavy atom. The van der Waals surface area contributed by atoms with Crippen LogP contribution in [0.1, 0.15) is 50.1 Å². The maximum Gasteiger partial charge on any atom is 0.151 e. The Hall–Kier alpha value is -2.62. The molecule has 26 heavy (non-hydrogen) atoms. The Morgan fingerprint density at radius 2 is 1.69 bits per heavy atom. The molecule has 0 fully saturated rings. The molecule has 0 aliphatic carbocycles. The SMILES string of the molecule is Cc1ccc2c(c1)C(C)(C)C(C)(C)N=C2c1cc2cccc(F)c2nn1. The van der Waals surface area contributed by atoms with Gasteiger partial charge in [0.2, 0.25) is 0 Å². The number of hydrogen-bond donors (Lipinski definition) is 0. The zero-order valence-electron chi connectivity index (χ0n) is 15.8. The second-order valence-corrected chi connectivity index (χ2v) is 8.10. The molecule has 0 spiro atoms. The van der Waals surface area contributed by atoms with Crippen LogP contribution in [0.3, 0.4) is 0 Å². The number of hydrogen-bond acceptors (Lipinski definition) is 3. The maximum absolute atomic E-state index is 13.9. The van der Waals surface area contributed by atoms with Gasteiger partial charge in [0.15, 0.2) is 5.82 Å². The molecule has 2 heterocycles. The first-order chi connectivity index (χ1) is 12.2. The van der Waals surface area contributed by atoms with E-state index in [0.29, 0.717) is 5.69 Å². The van der Waals surface area contributed by atoms with E-state index in [4.69, 9.17) is 4.99 Å². The molecule has 0 radical (unpaired) electrons. The lowest BCUT2D eigenvalue weighted by atomic mass is 9.65. The summed E-state index contributed by atoms with van der Waals surface area (Å²) in [5.41, 5.74) is 4.92. The van der Waals surface area contributed by atoms with E-state index in [2.05, 4.69) is 63.0 Å². The predicted molar refractivity (Wildman–Crippen MR) is 103 cm³/mol. The molecule has 3 nitrogen and oxygen atoms in total. The molecular weight excluding hydrogens is 325 g/mol. The van der Waals surface area contributed by atoms with E-state index in [-0.39, 0.29) is 22.3 Å². The quantitative estimate of drug-likeness (QED) is 0.622. The normalized spacial score (nSPS) is 17.7. The van der Waals surface area contributed by atoms with Gasteiger partial charge in [-0.05, 0) is 38.5 Å². The van der Waals surface area contributed by atoms with Gasteiger partial charge in [-0.2, -0.15) is 0 Å². The number of nitrogens with zero attached hydrogens (tertiary/aromatic N) is 3. The monoisotopic (exact) mass is 347 g/mol. The van der Waals surface area contributed by atoms with Crippen molar-refractivity contribution in [3.8, 4) is 0 Å². The van der Waals surface area contributed by atoms with Gasteiger partial charge in [-0.3, -0.25) is 4.99 Å². The van der Waals surface area contributed by atoms with Crippen molar-refractivity contribution in [2.45, 2.75) is 45.6 Å². The lowest BCUT2D eigenvalue weighted by Crippen LogP contribution is -2.46. The molecule has 4 rings (SSSR count). The molecule has 3 aromatic rings. The predicted octanol–water partition coefficient (Wildman–Crippen LogP) is 4.98. The average molecular weight is 347 g/mol. The van der Waals surface area contributed by atoms with Gasteiger partial charge < -0.3 is 0 Å². The molecule has 4 heteroatoms. The third kappa shape index (κ3) is 2.36. The Bertz CT molecular complexity index is 1060. The molecule has 1 aromatic heterocycles. The summed E-state index contributed by atoms with van der Waals surface area (Å²) in [5.74, 6) is -0.357. The second-order valence-electron chi connectivity index (χ2n) is 8.10. The first kappa shape index (κ1) is 16.8. The first-order valence-corrected chi connectivity index (χ1v) is 8.84. The Labute approximate surface area is 153 Å². The number of fused-ring (bicyclic) bond motifs is 2. The smallest absolute Gasteiger partial charge is 0.151 e. The fourth-order valence-corrected chi connectivity index (χ4v) is 3.54.